The number of allylic oxidation sites excluding steroid dienone is 7. The van der Waals surface area contributed by atoms with Crippen molar-refractivity contribution >= 4 is 50.5 Å². The fourth-order valence-corrected chi connectivity index (χ4v) is 8.78. The van der Waals surface area contributed by atoms with Crippen molar-refractivity contribution in [2.24, 2.45) is 5.41 Å². The van der Waals surface area contributed by atoms with E-state index in [1.165, 1.54) is 54.0 Å². The Balaban J connectivity index is 1.26. The quantitative estimate of drug-likeness (QED) is 0.212. The zero-order valence-corrected chi connectivity index (χ0v) is 25.7. The first-order valence-corrected chi connectivity index (χ1v) is 16.5. The summed E-state index contributed by atoms with van der Waals surface area (Å²) < 4.78 is 3.88. The summed E-state index contributed by atoms with van der Waals surface area (Å²) in [4.78, 5) is 14.7. The zero-order valence-electron chi connectivity index (χ0n) is 24.1. The van der Waals surface area contributed by atoms with Gasteiger partial charge in [0.25, 0.3) is 5.01 Å². The first-order valence-electron chi connectivity index (χ1n) is 14.9. The Morgan fingerprint density at radius 1 is 1.05 bits per heavy atom. The summed E-state index contributed by atoms with van der Waals surface area (Å²) in [5.74, 6) is -0.703. The van der Waals surface area contributed by atoms with Gasteiger partial charge in [0.15, 0.2) is 6.54 Å². The molecule has 1 aromatic heterocycles. The van der Waals surface area contributed by atoms with Crippen molar-refractivity contribution in [3.8, 4) is 0 Å². The highest BCUT2D eigenvalue weighted by molar-refractivity contribution is 8.03. The van der Waals surface area contributed by atoms with Gasteiger partial charge in [0, 0.05) is 35.9 Å². The Bertz CT molecular complexity index is 1590. The van der Waals surface area contributed by atoms with Crippen molar-refractivity contribution in [3.63, 3.8) is 0 Å². The Morgan fingerprint density at radius 2 is 1.88 bits per heavy atom. The van der Waals surface area contributed by atoms with Crippen LogP contribution in [-0.4, -0.2) is 17.6 Å². The third kappa shape index (κ3) is 6.39. The van der Waals surface area contributed by atoms with Crippen molar-refractivity contribution < 1.29 is 14.5 Å². The van der Waals surface area contributed by atoms with Gasteiger partial charge in [-0.05, 0) is 72.9 Å². The highest BCUT2D eigenvalue weighted by Crippen LogP contribution is 2.48. The minimum absolute atomic E-state index is 0.202. The molecule has 0 unspecified atom stereocenters. The van der Waals surface area contributed by atoms with E-state index in [-0.39, 0.29) is 11.8 Å². The summed E-state index contributed by atoms with van der Waals surface area (Å²) in [6.07, 6.45) is 17.0. The molecule has 3 aromatic rings. The first-order chi connectivity index (χ1) is 19.9. The molecule has 2 aromatic carbocycles. The van der Waals surface area contributed by atoms with Crippen LogP contribution in [0.4, 0.5) is 5.69 Å². The maximum atomic E-state index is 10.9. The van der Waals surface area contributed by atoms with Crippen molar-refractivity contribution in [3.05, 3.63) is 94.0 Å². The number of carboxylic acid groups (broad SMARTS) is 1. The monoisotopic (exact) mass is 583 g/mol. The number of hydrogen-bond donors (Lipinski definition) is 1. The molecule has 0 radical (unpaired) electrons. The van der Waals surface area contributed by atoms with Crippen LogP contribution in [0.3, 0.4) is 0 Å². The lowest BCUT2D eigenvalue weighted by Gasteiger charge is -2.31. The molecule has 6 heteroatoms. The molecule has 0 saturated carbocycles. The molecular weight excluding hydrogens is 545 g/mol. The average Bonchev–Trinajstić information content (AvgIpc) is 3.49. The van der Waals surface area contributed by atoms with Crippen molar-refractivity contribution in [1.82, 2.24) is 0 Å². The SMILES string of the molecule is CC1(C)CC(/C=C2\Sc3ccccc3N2CCCCCC(=O)O)=CC(=C/C=C2\CCC[n+]3c2sc2ccccc23)/C1. The Hall–Kier alpha value is -3.09. The number of thiazole rings is 1. The molecule has 0 spiro atoms. The second-order valence-electron chi connectivity index (χ2n) is 12.2. The van der Waals surface area contributed by atoms with E-state index in [1.807, 2.05) is 23.1 Å². The molecule has 2 aliphatic heterocycles. The molecule has 1 aliphatic carbocycles. The number of thioether (sulfide) groups is 1. The Morgan fingerprint density at radius 3 is 2.76 bits per heavy atom. The lowest BCUT2D eigenvalue weighted by molar-refractivity contribution is -0.672. The summed E-state index contributed by atoms with van der Waals surface area (Å²) in [7, 11) is 0. The third-order valence-corrected chi connectivity index (χ3v) is 10.5. The summed E-state index contributed by atoms with van der Waals surface area (Å²) in [6, 6.07) is 17.4. The van der Waals surface area contributed by atoms with Gasteiger partial charge in [-0.2, -0.15) is 4.57 Å². The minimum Gasteiger partial charge on any atom is -0.481 e. The van der Waals surface area contributed by atoms with Gasteiger partial charge in [0.05, 0.1) is 10.7 Å². The van der Waals surface area contributed by atoms with Crippen LogP contribution in [0.2, 0.25) is 0 Å². The standard InChI is InChI=1S/C35H38N2O2S2/c1-35(2)23-25(17-18-27-11-10-20-37-29-13-6-8-15-31(29)41-34(27)37)21-26(24-35)22-32-36(19-9-3-4-16-33(38)39)28-12-5-7-14-30(28)40-32/h5-8,12-15,17-18,21-22H,3-4,9-11,16,19-20,23-24H2,1-2H3/p+1. The highest BCUT2D eigenvalue weighted by Gasteiger charge is 2.29. The second-order valence-corrected chi connectivity index (χ2v) is 14.3. The summed E-state index contributed by atoms with van der Waals surface area (Å²) in [5, 5.41) is 11.7. The van der Waals surface area contributed by atoms with E-state index < -0.39 is 5.97 Å². The fraction of sp³-hybridized carbons (Fsp3) is 0.371. The van der Waals surface area contributed by atoms with E-state index in [4.69, 9.17) is 5.11 Å². The first kappa shape index (κ1) is 28.0. The van der Waals surface area contributed by atoms with Crippen LogP contribution in [0.1, 0.15) is 70.2 Å². The van der Waals surface area contributed by atoms with Gasteiger partial charge in [0.1, 0.15) is 4.70 Å². The van der Waals surface area contributed by atoms with Crippen molar-refractivity contribution in [2.75, 3.05) is 11.4 Å². The molecule has 0 saturated heterocycles. The van der Waals surface area contributed by atoms with Gasteiger partial charge >= 0.3 is 5.97 Å². The number of carboxylic acids is 1. The van der Waals surface area contributed by atoms with Crippen LogP contribution in [0.5, 0.6) is 0 Å². The number of carbonyl (C=O) groups is 1. The number of aromatic nitrogens is 1. The fourth-order valence-electron chi connectivity index (χ4n) is 6.37. The molecule has 1 N–H and O–H groups in total. The van der Waals surface area contributed by atoms with E-state index in [9.17, 15) is 4.79 Å². The minimum atomic E-state index is -0.703. The summed E-state index contributed by atoms with van der Waals surface area (Å²) in [5.41, 5.74) is 7.08. The molecular formula is C35H39N2O2S2+. The van der Waals surface area contributed by atoms with Crippen molar-refractivity contribution in [2.45, 2.75) is 76.7 Å². The summed E-state index contributed by atoms with van der Waals surface area (Å²) >= 11 is 3.78. The molecule has 41 heavy (non-hydrogen) atoms. The predicted octanol–water partition coefficient (Wildman–Crippen LogP) is 9.14. The number of unbranched alkanes of at least 4 members (excludes halogenated alkanes) is 2. The van der Waals surface area contributed by atoms with Crippen LogP contribution in [-0.2, 0) is 11.3 Å². The van der Waals surface area contributed by atoms with Gasteiger partial charge in [-0.15, -0.1) is 0 Å². The molecule has 0 bridgehead atoms. The maximum Gasteiger partial charge on any atom is 0.303 e. The normalized spacial score (nSPS) is 21.0. The lowest BCUT2D eigenvalue weighted by atomic mass is 9.75. The number of benzene rings is 2. The number of fused-ring (bicyclic) bond motifs is 4. The van der Waals surface area contributed by atoms with Crippen LogP contribution < -0.4 is 9.47 Å². The molecule has 6 rings (SSSR count). The topological polar surface area (TPSA) is 44.4 Å². The van der Waals surface area contributed by atoms with E-state index >= 15 is 0 Å². The Labute approximate surface area is 251 Å². The van der Waals surface area contributed by atoms with Gasteiger partial charge in [-0.3, -0.25) is 4.79 Å². The van der Waals surface area contributed by atoms with Crippen LogP contribution in [0.25, 0.3) is 15.8 Å². The number of rotatable bonds is 8. The second kappa shape index (κ2) is 12.0. The van der Waals surface area contributed by atoms with Crippen LogP contribution in [0.15, 0.2) is 93.9 Å². The molecule has 0 fully saturated rings. The number of para-hydroxylation sites is 2. The molecule has 0 amide bonds. The average molecular weight is 584 g/mol. The van der Waals surface area contributed by atoms with Crippen LogP contribution >= 0.6 is 23.1 Å². The molecule has 212 valence electrons. The number of anilines is 1. The lowest BCUT2D eigenvalue weighted by Crippen LogP contribution is -2.38. The van der Waals surface area contributed by atoms with E-state index in [0.29, 0.717) is 0 Å². The Kier molecular flexibility index (Phi) is 8.23. The van der Waals surface area contributed by atoms with Crippen LogP contribution in [0, 0.1) is 5.41 Å². The van der Waals surface area contributed by atoms with Gasteiger partial charge in [-0.25, -0.2) is 0 Å². The molecule has 3 aliphatic rings. The third-order valence-electron chi connectivity index (χ3n) is 8.16. The van der Waals surface area contributed by atoms with Gasteiger partial charge in [0.2, 0.25) is 5.52 Å². The van der Waals surface area contributed by atoms with E-state index in [2.05, 4.69) is 96.1 Å². The van der Waals surface area contributed by atoms with E-state index in [1.54, 1.807) is 0 Å². The zero-order chi connectivity index (χ0) is 28.4. The predicted molar refractivity (Wildman–Crippen MR) is 172 cm³/mol. The van der Waals surface area contributed by atoms with E-state index in [0.717, 1.165) is 51.6 Å². The molecule has 4 nitrogen and oxygen atoms in total. The maximum absolute atomic E-state index is 10.9. The number of nitrogens with zero attached hydrogens (tertiary/aromatic N) is 2. The highest BCUT2D eigenvalue weighted by atomic mass is 32.2. The number of aliphatic carboxylic acids is 1. The molecule has 3 heterocycles. The van der Waals surface area contributed by atoms with Gasteiger partial charge in [-0.1, -0.05) is 85.9 Å². The number of aryl methyl sites for hydroxylation is 1. The smallest absolute Gasteiger partial charge is 0.303 e. The van der Waals surface area contributed by atoms with Crippen molar-refractivity contribution in [1.29, 1.82) is 0 Å². The summed E-state index contributed by atoms with van der Waals surface area (Å²) in [6.45, 7) is 6.79. The number of hydrogen-bond acceptors (Lipinski definition) is 4. The van der Waals surface area contributed by atoms with Gasteiger partial charge < -0.3 is 10.0 Å². The largest absolute Gasteiger partial charge is 0.481 e. The molecule has 0 atom stereocenters.